The topological polar surface area (TPSA) is 67.9 Å². The largest absolute Gasteiger partial charge is 0.493 e. The Labute approximate surface area is 149 Å². The van der Waals surface area contributed by atoms with Crippen molar-refractivity contribution in [3.05, 3.63) is 21.3 Å². The van der Waals surface area contributed by atoms with Crippen LogP contribution in [0.4, 0.5) is 0 Å². The number of halogens is 1. The molecule has 1 N–H and O–H groups in total. The van der Waals surface area contributed by atoms with E-state index < -0.39 is 0 Å². The van der Waals surface area contributed by atoms with E-state index in [2.05, 4.69) is 27.9 Å². The summed E-state index contributed by atoms with van der Waals surface area (Å²) < 4.78 is 11.3. The lowest BCUT2D eigenvalue weighted by Crippen LogP contribution is -2.46. The van der Waals surface area contributed by atoms with Crippen LogP contribution in [-0.2, 0) is 4.79 Å². The number of rotatable bonds is 4. The number of methoxy groups -OCH3 is 2. The first-order valence-electron chi connectivity index (χ1n) is 7.44. The van der Waals surface area contributed by atoms with Crippen LogP contribution in [-0.4, -0.2) is 50.1 Å². The minimum absolute atomic E-state index is 0.0852. The molecule has 1 aromatic rings. The van der Waals surface area contributed by atoms with E-state index in [1.165, 1.54) is 0 Å². The lowest BCUT2D eigenvalue weighted by atomic mass is 10.0. The van der Waals surface area contributed by atoms with E-state index in [0.29, 0.717) is 30.2 Å². The van der Waals surface area contributed by atoms with Crippen molar-refractivity contribution in [2.24, 2.45) is 0 Å². The summed E-state index contributed by atoms with van der Waals surface area (Å²) in [7, 11) is 3.11. The molecule has 0 spiro atoms. The van der Waals surface area contributed by atoms with Crippen LogP contribution in [0, 0.1) is 3.57 Å². The van der Waals surface area contributed by atoms with Gasteiger partial charge in [0.2, 0.25) is 5.91 Å². The average molecular weight is 432 g/mol. The number of ether oxygens (including phenoxy) is 2. The van der Waals surface area contributed by atoms with Crippen LogP contribution in [0.5, 0.6) is 11.5 Å². The number of carbonyl (C=O) groups is 2. The molecule has 2 amide bonds. The third kappa shape index (κ3) is 4.27. The molecule has 0 atom stereocenters. The highest BCUT2D eigenvalue weighted by Gasteiger charge is 2.23. The molecule has 1 heterocycles. The number of benzene rings is 1. The Hall–Kier alpha value is -1.51. The second-order valence-corrected chi connectivity index (χ2v) is 6.60. The van der Waals surface area contributed by atoms with Gasteiger partial charge >= 0.3 is 0 Å². The molecule has 23 heavy (non-hydrogen) atoms. The molecule has 1 saturated heterocycles. The van der Waals surface area contributed by atoms with E-state index in [9.17, 15) is 9.59 Å². The average Bonchev–Trinajstić information content (AvgIpc) is 2.54. The Morgan fingerprint density at radius 2 is 1.74 bits per heavy atom. The number of hydrogen-bond acceptors (Lipinski definition) is 4. The van der Waals surface area contributed by atoms with Gasteiger partial charge in [0.05, 0.1) is 19.8 Å². The van der Waals surface area contributed by atoms with Gasteiger partial charge in [-0.3, -0.25) is 9.59 Å². The molecule has 126 valence electrons. The van der Waals surface area contributed by atoms with E-state index in [-0.39, 0.29) is 17.9 Å². The number of nitrogens with zero attached hydrogens (tertiary/aromatic N) is 1. The van der Waals surface area contributed by atoms with Crippen LogP contribution in [0.2, 0.25) is 0 Å². The standard InChI is InChI=1S/C16H21IN2O4/c1-10(20)19-6-4-11(5-7-19)18-16(21)12-8-14(22-2)15(23-3)9-13(12)17/h8-9,11H,4-7H2,1-3H3,(H,18,21). The zero-order valence-corrected chi connectivity index (χ0v) is 15.7. The van der Waals surface area contributed by atoms with Gasteiger partial charge in [-0.25, -0.2) is 0 Å². The highest BCUT2D eigenvalue weighted by molar-refractivity contribution is 14.1. The maximum Gasteiger partial charge on any atom is 0.252 e. The van der Waals surface area contributed by atoms with E-state index in [0.717, 1.165) is 16.4 Å². The second-order valence-electron chi connectivity index (χ2n) is 5.44. The molecular weight excluding hydrogens is 411 g/mol. The molecule has 0 radical (unpaired) electrons. The summed E-state index contributed by atoms with van der Waals surface area (Å²) in [6, 6.07) is 3.56. The van der Waals surface area contributed by atoms with E-state index in [1.54, 1.807) is 33.3 Å². The molecule has 7 heteroatoms. The molecule has 6 nitrogen and oxygen atoms in total. The maximum atomic E-state index is 12.5. The Bertz CT molecular complexity index is 598. The van der Waals surface area contributed by atoms with Gasteiger partial charge in [-0.2, -0.15) is 0 Å². The zero-order valence-electron chi connectivity index (χ0n) is 13.5. The summed E-state index contributed by atoms with van der Waals surface area (Å²) in [6.07, 6.45) is 1.55. The van der Waals surface area contributed by atoms with Crippen molar-refractivity contribution in [3.63, 3.8) is 0 Å². The number of nitrogens with one attached hydrogen (secondary N) is 1. The highest BCUT2D eigenvalue weighted by atomic mass is 127. The van der Waals surface area contributed by atoms with Crippen molar-refractivity contribution >= 4 is 34.4 Å². The summed E-state index contributed by atoms with van der Waals surface area (Å²) in [6.45, 7) is 2.94. The molecule has 0 aromatic heterocycles. The van der Waals surface area contributed by atoms with Crippen molar-refractivity contribution in [2.75, 3.05) is 27.3 Å². The molecule has 1 aromatic carbocycles. The second kappa shape index (κ2) is 7.85. The van der Waals surface area contributed by atoms with Gasteiger partial charge in [-0.1, -0.05) is 0 Å². The van der Waals surface area contributed by atoms with Crippen molar-refractivity contribution in [3.8, 4) is 11.5 Å². The predicted molar refractivity (Wildman–Crippen MR) is 95.0 cm³/mol. The molecule has 0 aliphatic carbocycles. The first-order chi connectivity index (χ1) is 11.0. The lowest BCUT2D eigenvalue weighted by Gasteiger charge is -2.31. The first-order valence-corrected chi connectivity index (χ1v) is 8.52. The molecule has 1 fully saturated rings. The molecular formula is C16H21IN2O4. The molecule has 0 saturated carbocycles. The fourth-order valence-electron chi connectivity index (χ4n) is 2.63. The SMILES string of the molecule is COc1cc(I)c(C(=O)NC2CCN(C(C)=O)CC2)cc1OC. The Kier molecular flexibility index (Phi) is 6.09. The maximum absolute atomic E-state index is 12.5. The number of carbonyl (C=O) groups excluding carboxylic acids is 2. The van der Waals surface area contributed by atoms with Gasteiger partial charge in [0.25, 0.3) is 5.91 Å². The zero-order chi connectivity index (χ0) is 17.0. The van der Waals surface area contributed by atoms with E-state index >= 15 is 0 Å². The van der Waals surface area contributed by atoms with Crippen molar-refractivity contribution in [1.29, 1.82) is 0 Å². The molecule has 1 aliphatic rings. The number of likely N-dealkylation sites (tertiary alicyclic amines) is 1. The monoisotopic (exact) mass is 432 g/mol. The van der Waals surface area contributed by atoms with Crippen LogP contribution < -0.4 is 14.8 Å². The minimum Gasteiger partial charge on any atom is -0.493 e. The lowest BCUT2D eigenvalue weighted by molar-refractivity contribution is -0.129. The van der Waals surface area contributed by atoms with Gasteiger partial charge in [-0.15, -0.1) is 0 Å². The molecule has 0 unspecified atom stereocenters. The van der Waals surface area contributed by atoms with Gasteiger partial charge in [-0.05, 0) is 47.6 Å². The highest BCUT2D eigenvalue weighted by Crippen LogP contribution is 2.31. The number of hydrogen-bond donors (Lipinski definition) is 1. The summed E-state index contributed by atoms with van der Waals surface area (Å²) >= 11 is 2.11. The van der Waals surface area contributed by atoms with Crippen LogP contribution >= 0.6 is 22.6 Å². The summed E-state index contributed by atoms with van der Waals surface area (Å²) in [5.74, 6) is 1.09. The summed E-state index contributed by atoms with van der Waals surface area (Å²) in [5, 5.41) is 3.05. The Morgan fingerprint density at radius 3 is 2.26 bits per heavy atom. The van der Waals surface area contributed by atoms with Gasteiger partial charge < -0.3 is 19.7 Å². The van der Waals surface area contributed by atoms with Gasteiger partial charge in [0.1, 0.15) is 0 Å². The van der Waals surface area contributed by atoms with Crippen LogP contribution in [0.15, 0.2) is 12.1 Å². The fraction of sp³-hybridized carbons (Fsp3) is 0.500. The first kappa shape index (κ1) is 17.8. The molecule has 1 aliphatic heterocycles. The van der Waals surface area contributed by atoms with Gasteiger partial charge in [0.15, 0.2) is 11.5 Å². The third-order valence-corrected chi connectivity index (χ3v) is 4.89. The quantitative estimate of drug-likeness (QED) is 0.740. The Morgan fingerprint density at radius 1 is 1.17 bits per heavy atom. The van der Waals surface area contributed by atoms with Crippen molar-refractivity contribution in [2.45, 2.75) is 25.8 Å². The van der Waals surface area contributed by atoms with E-state index in [1.807, 2.05) is 4.90 Å². The molecule has 0 bridgehead atoms. The fourth-order valence-corrected chi connectivity index (χ4v) is 3.31. The smallest absolute Gasteiger partial charge is 0.252 e. The summed E-state index contributed by atoms with van der Waals surface area (Å²) in [4.78, 5) is 25.7. The van der Waals surface area contributed by atoms with Gasteiger partial charge in [0, 0.05) is 29.6 Å². The number of amides is 2. The molecule has 2 rings (SSSR count). The minimum atomic E-state index is -0.128. The normalized spacial score (nSPS) is 15.2. The predicted octanol–water partition coefficient (Wildman–Crippen LogP) is 2.05. The van der Waals surface area contributed by atoms with Crippen LogP contribution in [0.1, 0.15) is 30.1 Å². The summed E-state index contributed by atoms with van der Waals surface area (Å²) in [5.41, 5.74) is 0.567. The Balaban J connectivity index is 2.05. The van der Waals surface area contributed by atoms with Crippen LogP contribution in [0.3, 0.4) is 0 Å². The van der Waals surface area contributed by atoms with Crippen LogP contribution in [0.25, 0.3) is 0 Å². The van der Waals surface area contributed by atoms with Crippen molar-refractivity contribution < 1.29 is 19.1 Å². The number of piperidine rings is 1. The van der Waals surface area contributed by atoms with E-state index in [4.69, 9.17) is 9.47 Å². The van der Waals surface area contributed by atoms with Crippen molar-refractivity contribution in [1.82, 2.24) is 10.2 Å². The third-order valence-electron chi connectivity index (χ3n) is 3.99.